The predicted octanol–water partition coefficient (Wildman–Crippen LogP) is 4.44. The third-order valence-corrected chi connectivity index (χ3v) is 6.16. The first-order valence-corrected chi connectivity index (χ1v) is 12.0. The van der Waals surface area contributed by atoms with E-state index >= 15 is 0 Å². The number of likely N-dealkylation sites (N-methyl/N-ethyl adjacent to an activating group) is 1. The number of nitrogens with zero attached hydrogens (tertiary/aromatic N) is 2. The van der Waals surface area contributed by atoms with Crippen LogP contribution in [-0.2, 0) is 0 Å². The number of aromatic nitrogens is 2. The van der Waals surface area contributed by atoms with Crippen molar-refractivity contribution in [3.63, 3.8) is 0 Å². The number of benzene rings is 3. The average Bonchev–Trinajstić information content (AvgIpc) is 3.32. The number of imidazole rings is 1. The number of hydrogen-bond donors (Lipinski definition) is 4. The molecule has 8 nitrogen and oxygen atoms in total. The zero-order valence-corrected chi connectivity index (χ0v) is 20.7. The SMILES string of the molecule is CCC(C)NC(=O)c1ccc(-c2nc3ccc(NC(=O)c4ccc(N(C)CCO)cc4)cc3[nH]2)cc1. The Kier molecular flexibility index (Phi) is 7.65. The molecule has 0 saturated carbocycles. The van der Waals surface area contributed by atoms with Gasteiger partial charge in [-0.1, -0.05) is 19.1 Å². The zero-order chi connectivity index (χ0) is 25.7. The average molecular weight is 486 g/mol. The Balaban J connectivity index is 1.46. The normalized spacial score (nSPS) is 11.8. The van der Waals surface area contributed by atoms with Gasteiger partial charge in [0.05, 0.1) is 17.6 Å². The van der Waals surface area contributed by atoms with Gasteiger partial charge < -0.3 is 25.6 Å². The predicted molar refractivity (Wildman–Crippen MR) is 143 cm³/mol. The van der Waals surface area contributed by atoms with Crippen LogP contribution in [0.2, 0.25) is 0 Å². The van der Waals surface area contributed by atoms with Crippen LogP contribution < -0.4 is 15.5 Å². The summed E-state index contributed by atoms with van der Waals surface area (Å²) in [6, 6.07) is 20.2. The van der Waals surface area contributed by atoms with E-state index in [1.165, 1.54) is 0 Å². The molecule has 1 aromatic heterocycles. The van der Waals surface area contributed by atoms with Crippen molar-refractivity contribution in [1.29, 1.82) is 0 Å². The quantitative estimate of drug-likeness (QED) is 0.280. The van der Waals surface area contributed by atoms with Crippen molar-refractivity contribution in [3.05, 3.63) is 77.9 Å². The van der Waals surface area contributed by atoms with Crippen molar-refractivity contribution < 1.29 is 14.7 Å². The fraction of sp³-hybridized carbons (Fsp3) is 0.250. The molecule has 186 valence electrons. The Bertz CT molecular complexity index is 1350. The van der Waals surface area contributed by atoms with Gasteiger partial charge in [0.1, 0.15) is 5.82 Å². The van der Waals surface area contributed by atoms with Gasteiger partial charge in [-0.15, -0.1) is 0 Å². The van der Waals surface area contributed by atoms with E-state index in [0.717, 1.165) is 28.7 Å². The lowest BCUT2D eigenvalue weighted by atomic mass is 10.1. The number of nitrogens with one attached hydrogen (secondary N) is 3. The Morgan fingerprint density at radius 1 is 1.00 bits per heavy atom. The summed E-state index contributed by atoms with van der Waals surface area (Å²) in [5, 5.41) is 15.0. The van der Waals surface area contributed by atoms with Gasteiger partial charge in [-0.25, -0.2) is 4.98 Å². The number of aliphatic hydroxyl groups is 1. The topological polar surface area (TPSA) is 110 Å². The molecule has 2 amide bonds. The maximum atomic E-state index is 12.7. The maximum absolute atomic E-state index is 12.7. The number of fused-ring (bicyclic) bond motifs is 1. The molecule has 0 aliphatic rings. The van der Waals surface area contributed by atoms with Crippen LogP contribution in [0.4, 0.5) is 11.4 Å². The Morgan fingerprint density at radius 3 is 2.33 bits per heavy atom. The van der Waals surface area contributed by atoms with Crippen LogP contribution in [0.25, 0.3) is 22.4 Å². The summed E-state index contributed by atoms with van der Waals surface area (Å²) in [4.78, 5) is 34.9. The van der Waals surface area contributed by atoms with Gasteiger partial charge in [-0.3, -0.25) is 9.59 Å². The molecule has 0 saturated heterocycles. The first kappa shape index (κ1) is 24.9. The second-order valence-corrected chi connectivity index (χ2v) is 8.82. The summed E-state index contributed by atoms with van der Waals surface area (Å²) >= 11 is 0. The van der Waals surface area contributed by atoms with Crippen molar-refractivity contribution in [1.82, 2.24) is 15.3 Å². The highest BCUT2D eigenvalue weighted by Gasteiger charge is 2.12. The Morgan fingerprint density at radius 2 is 1.67 bits per heavy atom. The molecular formula is C28H31N5O3. The van der Waals surface area contributed by atoms with E-state index in [2.05, 4.69) is 20.6 Å². The summed E-state index contributed by atoms with van der Waals surface area (Å²) in [5.74, 6) is 0.384. The second kappa shape index (κ2) is 11.0. The number of hydrogen-bond acceptors (Lipinski definition) is 5. The largest absolute Gasteiger partial charge is 0.395 e. The molecule has 8 heteroatoms. The van der Waals surface area contributed by atoms with E-state index in [4.69, 9.17) is 5.11 Å². The molecule has 0 spiro atoms. The monoisotopic (exact) mass is 485 g/mol. The summed E-state index contributed by atoms with van der Waals surface area (Å²) in [6.07, 6.45) is 0.876. The van der Waals surface area contributed by atoms with Gasteiger partial charge in [0.2, 0.25) is 0 Å². The molecule has 0 fully saturated rings. The lowest BCUT2D eigenvalue weighted by Crippen LogP contribution is -2.31. The molecular weight excluding hydrogens is 454 g/mol. The van der Waals surface area contributed by atoms with E-state index in [-0.39, 0.29) is 24.5 Å². The van der Waals surface area contributed by atoms with Gasteiger partial charge in [0.25, 0.3) is 11.8 Å². The van der Waals surface area contributed by atoms with Crippen LogP contribution >= 0.6 is 0 Å². The number of rotatable bonds is 9. The van der Waals surface area contributed by atoms with Crippen LogP contribution in [0.3, 0.4) is 0 Å². The fourth-order valence-corrected chi connectivity index (χ4v) is 3.76. The number of aliphatic hydroxyl groups excluding tert-OH is 1. The van der Waals surface area contributed by atoms with Crippen LogP contribution in [0.15, 0.2) is 66.7 Å². The van der Waals surface area contributed by atoms with Crippen molar-refractivity contribution >= 4 is 34.2 Å². The minimum atomic E-state index is -0.211. The molecule has 1 heterocycles. The summed E-state index contributed by atoms with van der Waals surface area (Å²) in [6.45, 7) is 4.60. The van der Waals surface area contributed by atoms with E-state index in [0.29, 0.717) is 29.2 Å². The van der Waals surface area contributed by atoms with E-state index in [1.54, 1.807) is 24.3 Å². The zero-order valence-electron chi connectivity index (χ0n) is 20.7. The molecule has 4 N–H and O–H groups in total. The first-order chi connectivity index (χ1) is 17.4. The fourth-order valence-electron chi connectivity index (χ4n) is 3.76. The van der Waals surface area contributed by atoms with Gasteiger partial charge >= 0.3 is 0 Å². The van der Waals surface area contributed by atoms with Crippen molar-refractivity contribution in [2.24, 2.45) is 0 Å². The summed E-state index contributed by atoms with van der Waals surface area (Å²) in [7, 11) is 1.89. The second-order valence-electron chi connectivity index (χ2n) is 8.82. The smallest absolute Gasteiger partial charge is 0.255 e. The lowest BCUT2D eigenvalue weighted by molar-refractivity contribution is 0.0938. The van der Waals surface area contributed by atoms with Crippen LogP contribution in [0.1, 0.15) is 41.0 Å². The number of carbonyl (C=O) groups is 2. The van der Waals surface area contributed by atoms with Gasteiger partial charge in [-0.2, -0.15) is 0 Å². The molecule has 0 radical (unpaired) electrons. The highest BCUT2D eigenvalue weighted by molar-refractivity contribution is 6.05. The minimum Gasteiger partial charge on any atom is -0.395 e. The molecule has 1 atom stereocenters. The molecule has 0 bridgehead atoms. The van der Waals surface area contributed by atoms with E-state index in [1.807, 2.05) is 68.3 Å². The van der Waals surface area contributed by atoms with Crippen LogP contribution in [0.5, 0.6) is 0 Å². The van der Waals surface area contributed by atoms with Gasteiger partial charge in [0, 0.05) is 47.7 Å². The summed E-state index contributed by atoms with van der Waals surface area (Å²) < 4.78 is 0. The van der Waals surface area contributed by atoms with E-state index < -0.39 is 0 Å². The number of H-pyrrole nitrogens is 1. The van der Waals surface area contributed by atoms with Crippen molar-refractivity contribution in [2.75, 3.05) is 30.4 Å². The van der Waals surface area contributed by atoms with E-state index in [9.17, 15) is 9.59 Å². The van der Waals surface area contributed by atoms with Crippen LogP contribution in [-0.4, -0.2) is 53.1 Å². The number of anilines is 2. The van der Waals surface area contributed by atoms with Gasteiger partial charge in [-0.05, 0) is 67.9 Å². The molecule has 1 unspecified atom stereocenters. The van der Waals surface area contributed by atoms with Crippen molar-refractivity contribution in [3.8, 4) is 11.4 Å². The lowest BCUT2D eigenvalue weighted by Gasteiger charge is -2.18. The van der Waals surface area contributed by atoms with Crippen molar-refractivity contribution in [2.45, 2.75) is 26.3 Å². The Labute approximate surface area is 210 Å². The third-order valence-electron chi connectivity index (χ3n) is 6.16. The first-order valence-electron chi connectivity index (χ1n) is 12.0. The van der Waals surface area contributed by atoms with Crippen LogP contribution in [0, 0.1) is 0 Å². The van der Waals surface area contributed by atoms with Gasteiger partial charge in [0.15, 0.2) is 0 Å². The maximum Gasteiger partial charge on any atom is 0.255 e. The summed E-state index contributed by atoms with van der Waals surface area (Å²) in [5.41, 5.74) is 5.16. The molecule has 4 rings (SSSR count). The Hall–Kier alpha value is -4.17. The third kappa shape index (κ3) is 5.72. The molecule has 4 aromatic rings. The number of aromatic amines is 1. The number of carbonyl (C=O) groups excluding carboxylic acids is 2. The standard InChI is InChI=1S/C28H31N5O3/c1-4-18(2)29-27(35)20-7-5-19(6-8-20)26-31-24-14-11-22(17-25(24)32-26)30-28(36)21-9-12-23(13-10-21)33(3)15-16-34/h5-14,17-18,34H,4,15-16H2,1-3H3,(H,29,35)(H,30,36)(H,31,32). The highest BCUT2D eigenvalue weighted by atomic mass is 16.3. The number of amides is 2. The molecule has 3 aromatic carbocycles. The molecule has 0 aliphatic carbocycles. The molecule has 0 aliphatic heterocycles. The minimum absolute atomic E-state index is 0.0668. The highest BCUT2D eigenvalue weighted by Crippen LogP contribution is 2.24. The molecule has 36 heavy (non-hydrogen) atoms.